The van der Waals surface area contributed by atoms with E-state index in [-0.39, 0.29) is 0 Å². The van der Waals surface area contributed by atoms with Crippen molar-refractivity contribution >= 4 is 0 Å². The van der Waals surface area contributed by atoms with Gasteiger partial charge in [0.2, 0.25) is 0 Å². The molecule has 1 N–H and O–H groups in total. The molecule has 0 amide bonds. The Labute approximate surface area is 84.9 Å². The predicted octanol–water partition coefficient (Wildman–Crippen LogP) is 2.44. The largest absolute Gasteiger partial charge is 0.361 e. The van der Waals surface area contributed by atoms with Crippen molar-refractivity contribution in [3.63, 3.8) is 0 Å². The van der Waals surface area contributed by atoms with E-state index in [1.54, 1.807) is 0 Å². The maximum Gasteiger partial charge on any atom is 0.139 e. The fraction of sp³-hybridized carbons (Fsp3) is 0.727. The first-order chi connectivity index (χ1) is 6.79. The van der Waals surface area contributed by atoms with Gasteiger partial charge in [0.1, 0.15) is 5.76 Å². The number of hydrogen-bond donors (Lipinski definition) is 1. The Morgan fingerprint density at radius 2 is 2.43 bits per heavy atom. The van der Waals surface area contributed by atoms with E-state index in [4.69, 9.17) is 4.52 Å². The summed E-state index contributed by atoms with van der Waals surface area (Å²) in [4.78, 5) is 0. The summed E-state index contributed by atoms with van der Waals surface area (Å²) in [5.41, 5.74) is 1.03. The van der Waals surface area contributed by atoms with E-state index >= 15 is 0 Å². The second kappa shape index (κ2) is 4.13. The van der Waals surface area contributed by atoms with Crippen LogP contribution in [-0.2, 0) is 6.54 Å². The molecule has 1 unspecified atom stereocenters. The summed E-state index contributed by atoms with van der Waals surface area (Å²) in [6, 6.07) is 2.81. The Morgan fingerprint density at radius 3 is 3.07 bits per heavy atom. The third-order valence-electron chi connectivity index (χ3n) is 2.82. The highest BCUT2D eigenvalue weighted by Crippen LogP contribution is 2.21. The predicted molar refractivity (Wildman–Crippen MR) is 55.1 cm³/mol. The highest BCUT2D eigenvalue weighted by molar-refractivity contribution is 5.09. The monoisotopic (exact) mass is 194 g/mol. The van der Waals surface area contributed by atoms with Crippen LogP contribution in [0.3, 0.4) is 0 Å². The fourth-order valence-electron chi connectivity index (χ4n) is 1.38. The smallest absolute Gasteiger partial charge is 0.139 e. The van der Waals surface area contributed by atoms with Crippen LogP contribution in [0.25, 0.3) is 0 Å². The molecule has 0 aromatic carbocycles. The van der Waals surface area contributed by atoms with Crippen LogP contribution in [0, 0.1) is 0 Å². The third-order valence-corrected chi connectivity index (χ3v) is 2.82. The number of nitrogens with one attached hydrogen (secondary N) is 1. The molecule has 1 atom stereocenters. The van der Waals surface area contributed by atoms with Gasteiger partial charge < -0.3 is 9.84 Å². The van der Waals surface area contributed by atoms with E-state index in [9.17, 15) is 0 Å². The van der Waals surface area contributed by atoms with Gasteiger partial charge in [0.25, 0.3) is 0 Å². The Bertz CT molecular complexity index is 291. The molecule has 0 aliphatic heterocycles. The molecule has 1 aromatic heterocycles. The van der Waals surface area contributed by atoms with Crippen LogP contribution in [0.5, 0.6) is 0 Å². The van der Waals surface area contributed by atoms with Crippen LogP contribution in [0.4, 0.5) is 0 Å². The van der Waals surface area contributed by atoms with Crippen LogP contribution in [0.1, 0.15) is 50.5 Å². The van der Waals surface area contributed by atoms with Gasteiger partial charge in [-0.25, -0.2) is 0 Å². The fourth-order valence-corrected chi connectivity index (χ4v) is 1.38. The minimum atomic E-state index is 0.483. The van der Waals surface area contributed by atoms with Gasteiger partial charge in [-0.05, 0) is 19.3 Å². The zero-order valence-corrected chi connectivity index (χ0v) is 8.92. The minimum absolute atomic E-state index is 0.483. The van der Waals surface area contributed by atoms with Gasteiger partial charge in [-0.2, -0.15) is 0 Å². The Balaban J connectivity index is 1.87. The number of hydrogen-bond acceptors (Lipinski definition) is 3. The van der Waals surface area contributed by atoms with Crippen molar-refractivity contribution in [1.29, 1.82) is 0 Å². The molecule has 0 saturated heterocycles. The molecule has 14 heavy (non-hydrogen) atoms. The standard InChI is InChI=1S/C11H18N2O/c1-3-8(2)11-6-10(13-14-11)7-12-9-4-5-9/h6,8-9,12H,3-5,7H2,1-2H3. The molecule has 3 heteroatoms. The molecular weight excluding hydrogens is 176 g/mol. The number of aromatic nitrogens is 1. The summed E-state index contributed by atoms with van der Waals surface area (Å²) in [7, 11) is 0. The topological polar surface area (TPSA) is 38.1 Å². The highest BCUT2D eigenvalue weighted by Gasteiger charge is 2.20. The maximum absolute atomic E-state index is 5.28. The molecule has 78 valence electrons. The molecular formula is C11H18N2O. The van der Waals surface area contributed by atoms with Crippen molar-refractivity contribution in [2.24, 2.45) is 0 Å². The van der Waals surface area contributed by atoms with Crippen LogP contribution in [0.15, 0.2) is 10.6 Å². The van der Waals surface area contributed by atoms with Crippen LogP contribution >= 0.6 is 0 Å². The van der Waals surface area contributed by atoms with E-state index in [1.165, 1.54) is 12.8 Å². The first-order valence-electron chi connectivity index (χ1n) is 5.48. The number of nitrogens with zero attached hydrogens (tertiary/aromatic N) is 1. The lowest BCUT2D eigenvalue weighted by molar-refractivity contribution is 0.356. The average molecular weight is 194 g/mol. The van der Waals surface area contributed by atoms with Gasteiger partial charge in [-0.3, -0.25) is 0 Å². The van der Waals surface area contributed by atoms with Gasteiger partial charge in [0.15, 0.2) is 0 Å². The minimum Gasteiger partial charge on any atom is -0.361 e. The molecule has 0 spiro atoms. The van der Waals surface area contributed by atoms with Crippen molar-refractivity contribution < 1.29 is 4.52 Å². The van der Waals surface area contributed by atoms with Crippen LogP contribution < -0.4 is 5.32 Å². The molecule has 1 heterocycles. The van der Waals surface area contributed by atoms with Gasteiger partial charge in [-0.1, -0.05) is 19.0 Å². The SMILES string of the molecule is CCC(C)c1cc(CNC2CC2)no1. The second-order valence-corrected chi connectivity index (χ2v) is 4.19. The molecule has 1 fully saturated rings. The maximum atomic E-state index is 5.28. The van der Waals surface area contributed by atoms with Crippen molar-refractivity contribution in [3.05, 3.63) is 17.5 Å². The first-order valence-corrected chi connectivity index (χ1v) is 5.48. The zero-order valence-electron chi connectivity index (χ0n) is 8.92. The van der Waals surface area contributed by atoms with E-state index < -0.39 is 0 Å². The molecule has 3 nitrogen and oxygen atoms in total. The number of rotatable bonds is 5. The molecule has 0 bridgehead atoms. The van der Waals surface area contributed by atoms with Crippen molar-refractivity contribution in [3.8, 4) is 0 Å². The molecule has 2 rings (SSSR count). The lowest BCUT2D eigenvalue weighted by Gasteiger charge is -2.00. The second-order valence-electron chi connectivity index (χ2n) is 4.19. The molecule has 1 aliphatic carbocycles. The van der Waals surface area contributed by atoms with E-state index in [0.717, 1.165) is 30.5 Å². The Hall–Kier alpha value is -0.830. The van der Waals surface area contributed by atoms with Crippen molar-refractivity contribution in [1.82, 2.24) is 10.5 Å². The third kappa shape index (κ3) is 2.35. The Morgan fingerprint density at radius 1 is 1.64 bits per heavy atom. The van der Waals surface area contributed by atoms with Gasteiger partial charge in [-0.15, -0.1) is 0 Å². The summed E-state index contributed by atoms with van der Waals surface area (Å²) >= 11 is 0. The quantitative estimate of drug-likeness (QED) is 0.782. The average Bonchev–Trinajstić information content (AvgIpc) is 2.92. The van der Waals surface area contributed by atoms with E-state index in [2.05, 4.69) is 30.4 Å². The summed E-state index contributed by atoms with van der Waals surface area (Å²) in [6.07, 6.45) is 3.73. The molecule has 1 saturated carbocycles. The van der Waals surface area contributed by atoms with Crippen molar-refractivity contribution in [2.75, 3.05) is 0 Å². The van der Waals surface area contributed by atoms with E-state index in [0.29, 0.717) is 5.92 Å². The summed E-state index contributed by atoms with van der Waals surface area (Å²) < 4.78 is 5.28. The highest BCUT2D eigenvalue weighted by atomic mass is 16.5. The van der Waals surface area contributed by atoms with Crippen molar-refractivity contribution in [2.45, 2.75) is 51.6 Å². The lowest BCUT2D eigenvalue weighted by atomic mass is 10.1. The summed E-state index contributed by atoms with van der Waals surface area (Å²) in [5.74, 6) is 1.50. The Kier molecular flexibility index (Phi) is 2.87. The van der Waals surface area contributed by atoms with Gasteiger partial charge >= 0.3 is 0 Å². The van der Waals surface area contributed by atoms with E-state index in [1.807, 2.05) is 0 Å². The molecule has 0 radical (unpaired) electrons. The molecule has 1 aliphatic rings. The lowest BCUT2D eigenvalue weighted by Crippen LogP contribution is -2.15. The normalized spacial score (nSPS) is 18.4. The van der Waals surface area contributed by atoms with Crippen LogP contribution in [0.2, 0.25) is 0 Å². The van der Waals surface area contributed by atoms with Gasteiger partial charge in [0.05, 0.1) is 5.69 Å². The zero-order chi connectivity index (χ0) is 9.97. The van der Waals surface area contributed by atoms with Crippen LogP contribution in [-0.4, -0.2) is 11.2 Å². The summed E-state index contributed by atoms with van der Waals surface area (Å²) in [5, 5.41) is 7.47. The molecule has 1 aromatic rings. The van der Waals surface area contributed by atoms with Gasteiger partial charge in [0, 0.05) is 24.6 Å². The summed E-state index contributed by atoms with van der Waals surface area (Å²) in [6.45, 7) is 5.18. The first kappa shape index (κ1) is 9.71.